The largest absolute Gasteiger partial charge is 0.383 e. The van der Waals surface area contributed by atoms with E-state index in [0.29, 0.717) is 17.5 Å². The molecule has 0 bridgehead atoms. The molecule has 0 N–H and O–H groups in total. The summed E-state index contributed by atoms with van der Waals surface area (Å²) in [6.45, 7) is 11.3. The first-order chi connectivity index (χ1) is 12.9. The van der Waals surface area contributed by atoms with Gasteiger partial charge in [-0.1, -0.05) is 32.4 Å². The van der Waals surface area contributed by atoms with Gasteiger partial charge in [-0.2, -0.15) is 0 Å². The van der Waals surface area contributed by atoms with Crippen molar-refractivity contribution < 1.29 is 4.74 Å². The maximum Gasteiger partial charge on any atom is 0.0918 e. The molecule has 0 fully saturated rings. The number of nitrogens with zero attached hydrogens (tertiary/aromatic N) is 3. The summed E-state index contributed by atoms with van der Waals surface area (Å²) < 4.78 is 7.51. The van der Waals surface area contributed by atoms with Crippen LogP contribution in [0.3, 0.4) is 0 Å². The fourth-order valence-corrected chi connectivity index (χ4v) is 3.75. The van der Waals surface area contributed by atoms with Crippen molar-refractivity contribution >= 4 is 22.6 Å². The molecule has 5 heteroatoms. The van der Waals surface area contributed by atoms with Crippen molar-refractivity contribution in [3.63, 3.8) is 0 Å². The van der Waals surface area contributed by atoms with Crippen molar-refractivity contribution in [1.82, 2.24) is 14.5 Å². The number of pyridine rings is 2. The van der Waals surface area contributed by atoms with Crippen molar-refractivity contribution in [2.45, 2.75) is 53.0 Å². The molecule has 0 amide bonds. The third kappa shape index (κ3) is 3.74. The molecular weight excluding hydrogens is 358 g/mol. The Kier molecular flexibility index (Phi) is 5.87. The van der Waals surface area contributed by atoms with Crippen LogP contribution in [0.25, 0.3) is 22.3 Å². The van der Waals surface area contributed by atoms with Gasteiger partial charge in [-0.3, -0.25) is 4.98 Å². The second-order valence-electron chi connectivity index (χ2n) is 7.45. The van der Waals surface area contributed by atoms with Gasteiger partial charge in [0.05, 0.1) is 34.4 Å². The number of fused-ring (bicyclic) bond motifs is 1. The summed E-state index contributed by atoms with van der Waals surface area (Å²) in [7, 11) is 1.72. The molecule has 0 aliphatic carbocycles. The molecule has 4 nitrogen and oxygen atoms in total. The quantitative estimate of drug-likeness (QED) is 0.526. The number of hydrogen-bond donors (Lipinski definition) is 0. The van der Waals surface area contributed by atoms with Gasteiger partial charge < -0.3 is 9.30 Å². The van der Waals surface area contributed by atoms with Crippen LogP contribution in [0, 0.1) is 6.92 Å². The average molecular weight is 386 g/mol. The lowest BCUT2D eigenvalue weighted by molar-refractivity contribution is 0.164. The smallest absolute Gasteiger partial charge is 0.0918 e. The van der Waals surface area contributed by atoms with Gasteiger partial charge >= 0.3 is 0 Å². The number of ether oxygens (including phenoxy) is 1. The Balaban J connectivity index is 2.17. The van der Waals surface area contributed by atoms with E-state index in [1.54, 1.807) is 7.11 Å². The van der Waals surface area contributed by atoms with E-state index in [1.165, 1.54) is 0 Å². The van der Waals surface area contributed by atoms with E-state index in [2.05, 4.69) is 57.5 Å². The van der Waals surface area contributed by atoms with Gasteiger partial charge in [-0.15, -0.1) is 0 Å². The van der Waals surface area contributed by atoms with Crippen molar-refractivity contribution in [2.24, 2.45) is 0 Å². The predicted molar refractivity (Wildman–Crippen MR) is 113 cm³/mol. The minimum Gasteiger partial charge on any atom is -0.383 e. The Morgan fingerprint density at radius 2 is 1.93 bits per heavy atom. The minimum absolute atomic E-state index is 0.216. The number of hydrogen-bond acceptors (Lipinski definition) is 3. The molecule has 1 unspecified atom stereocenters. The molecule has 27 heavy (non-hydrogen) atoms. The Hall–Kier alpha value is -1.91. The van der Waals surface area contributed by atoms with Gasteiger partial charge in [0.25, 0.3) is 0 Å². The first kappa shape index (κ1) is 19.8. The third-order valence-corrected chi connectivity index (χ3v) is 5.29. The Labute approximate surface area is 166 Å². The second-order valence-corrected chi connectivity index (χ2v) is 7.86. The Bertz CT molecular complexity index is 962. The Morgan fingerprint density at radius 1 is 1.19 bits per heavy atom. The fourth-order valence-electron chi connectivity index (χ4n) is 3.51. The lowest BCUT2D eigenvalue weighted by Crippen LogP contribution is -2.09. The van der Waals surface area contributed by atoms with E-state index in [0.717, 1.165) is 45.7 Å². The molecule has 3 aromatic heterocycles. The fraction of sp³-hybridized carbons (Fsp3) is 0.455. The van der Waals surface area contributed by atoms with E-state index in [1.807, 2.05) is 6.07 Å². The topological polar surface area (TPSA) is 39.9 Å². The zero-order valence-electron chi connectivity index (χ0n) is 17.0. The second kappa shape index (κ2) is 7.99. The van der Waals surface area contributed by atoms with Gasteiger partial charge in [0.1, 0.15) is 0 Å². The molecule has 0 saturated heterocycles. The zero-order chi connectivity index (χ0) is 19.7. The monoisotopic (exact) mass is 385 g/mol. The van der Waals surface area contributed by atoms with Crippen LogP contribution in [0.4, 0.5) is 0 Å². The lowest BCUT2D eigenvalue weighted by atomic mass is 10.0. The summed E-state index contributed by atoms with van der Waals surface area (Å²) >= 11 is 6.70. The molecule has 0 aliphatic rings. The van der Waals surface area contributed by atoms with Crippen LogP contribution in [-0.2, 0) is 11.2 Å². The summed E-state index contributed by atoms with van der Waals surface area (Å²) in [5, 5.41) is 0.653. The van der Waals surface area contributed by atoms with Gasteiger partial charge in [0.15, 0.2) is 0 Å². The molecule has 0 saturated carbocycles. The van der Waals surface area contributed by atoms with E-state index in [-0.39, 0.29) is 6.04 Å². The molecule has 3 aromatic rings. The maximum absolute atomic E-state index is 6.70. The van der Waals surface area contributed by atoms with E-state index in [4.69, 9.17) is 26.3 Å². The standard InChI is InChI=1S/C22H28ClN3O/c1-7-18-16(8-9-19(24-18)13(2)3)22-17(23)10-20-21(25-22)14(4)11-26(20)15(5)12-27-6/h8-11,13,15H,7,12H2,1-6H3. The maximum atomic E-state index is 6.70. The molecule has 0 aromatic carbocycles. The number of halogens is 1. The summed E-state index contributed by atoms with van der Waals surface area (Å²) in [5.74, 6) is 0.397. The van der Waals surface area contributed by atoms with Crippen LogP contribution < -0.4 is 0 Å². The molecule has 0 radical (unpaired) electrons. The third-order valence-electron chi connectivity index (χ3n) is 5.00. The molecule has 3 heterocycles. The van der Waals surface area contributed by atoms with Crippen LogP contribution in [0.5, 0.6) is 0 Å². The van der Waals surface area contributed by atoms with Crippen molar-refractivity contribution in [3.8, 4) is 11.3 Å². The molecule has 0 spiro atoms. The lowest BCUT2D eigenvalue weighted by Gasteiger charge is -2.15. The van der Waals surface area contributed by atoms with Crippen molar-refractivity contribution in [1.29, 1.82) is 0 Å². The highest BCUT2D eigenvalue weighted by atomic mass is 35.5. The normalized spacial score (nSPS) is 12.9. The van der Waals surface area contributed by atoms with E-state index in [9.17, 15) is 0 Å². The van der Waals surface area contributed by atoms with Gasteiger partial charge in [-0.05, 0) is 49.9 Å². The van der Waals surface area contributed by atoms with Crippen LogP contribution in [0.1, 0.15) is 56.6 Å². The number of aromatic nitrogens is 3. The van der Waals surface area contributed by atoms with Crippen LogP contribution >= 0.6 is 11.6 Å². The van der Waals surface area contributed by atoms with Crippen LogP contribution in [-0.4, -0.2) is 28.3 Å². The molecule has 3 rings (SSSR count). The number of methoxy groups -OCH3 is 1. The van der Waals surface area contributed by atoms with Gasteiger partial charge in [0.2, 0.25) is 0 Å². The molecule has 144 valence electrons. The zero-order valence-corrected chi connectivity index (χ0v) is 17.8. The number of rotatable bonds is 6. The highest BCUT2D eigenvalue weighted by Crippen LogP contribution is 2.34. The summed E-state index contributed by atoms with van der Waals surface area (Å²) in [5.41, 5.74) is 7.12. The SMILES string of the molecule is CCc1nc(C(C)C)ccc1-c1nc2c(C)cn(C(C)COC)c2cc1Cl. The van der Waals surface area contributed by atoms with E-state index < -0.39 is 0 Å². The van der Waals surface area contributed by atoms with Crippen LogP contribution in [0.2, 0.25) is 5.02 Å². The first-order valence-corrected chi connectivity index (χ1v) is 9.91. The molecular formula is C22H28ClN3O. The molecule has 1 atom stereocenters. The minimum atomic E-state index is 0.216. The number of aryl methyl sites for hydroxylation is 2. The van der Waals surface area contributed by atoms with Crippen molar-refractivity contribution in [3.05, 3.63) is 46.4 Å². The van der Waals surface area contributed by atoms with Crippen molar-refractivity contribution in [2.75, 3.05) is 13.7 Å². The molecule has 0 aliphatic heterocycles. The summed E-state index contributed by atoms with van der Waals surface area (Å²) in [6, 6.07) is 6.43. The van der Waals surface area contributed by atoms with Gasteiger partial charge in [0, 0.05) is 30.3 Å². The van der Waals surface area contributed by atoms with Gasteiger partial charge in [-0.25, -0.2) is 4.98 Å². The highest BCUT2D eigenvalue weighted by Gasteiger charge is 2.18. The van der Waals surface area contributed by atoms with Crippen LogP contribution in [0.15, 0.2) is 24.4 Å². The van der Waals surface area contributed by atoms with E-state index >= 15 is 0 Å². The predicted octanol–water partition coefficient (Wildman–Crippen LogP) is 5.95. The average Bonchev–Trinajstić information content (AvgIpc) is 2.96. The highest BCUT2D eigenvalue weighted by molar-refractivity contribution is 6.33. The summed E-state index contributed by atoms with van der Waals surface area (Å²) in [6.07, 6.45) is 2.97. The Morgan fingerprint density at radius 3 is 2.56 bits per heavy atom. The summed E-state index contributed by atoms with van der Waals surface area (Å²) in [4.78, 5) is 9.81. The first-order valence-electron chi connectivity index (χ1n) is 9.54.